The summed E-state index contributed by atoms with van der Waals surface area (Å²) < 4.78 is 7.77. The third-order valence-electron chi connectivity index (χ3n) is 8.21. The summed E-state index contributed by atoms with van der Waals surface area (Å²) in [6.07, 6.45) is 8.02. The van der Waals surface area contributed by atoms with Crippen LogP contribution in [0.4, 0.5) is 0 Å². The predicted molar refractivity (Wildman–Crippen MR) is 143 cm³/mol. The number of aliphatic hydroxyl groups is 1. The van der Waals surface area contributed by atoms with E-state index in [2.05, 4.69) is 7.05 Å². The minimum Gasteiger partial charge on any atom is -0.459 e. The number of unbranched alkanes of at least 4 members (excludes halogenated alkanes) is 1. The van der Waals surface area contributed by atoms with Crippen LogP contribution in [-0.2, 0) is 28.6 Å². The van der Waals surface area contributed by atoms with Crippen molar-refractivity contribution in [2.45, 2.75) is 56.3 Å². The Morgan fingerprint density at radius 1 is 1.17 bits per heavy atom. The second kappa shape index (κ2) is 10.6. The Balaban J connectivity index is 1.19. The van der Waals surface area contributed by atoms with Crippen LogP contribution in [0.15, 0.2) is 58.1 Å². The zero-order chi connectivity index (χ0) is 25.3. The van der Waals surface area contributed by atoms with Crippen molar-refractivity contribution in [2.75, 3.05) is 13.6 Å². The van der Waals surface area contributed by atoms with Gasteiger partial charge in [0.1, 0.15) is 6.10 Å². The van der Waals surface area contributed by atoms with Crippen LogP contribution in [0, 0.1) is 11.8 Å². The van der Waals surface area contributed by atoms with Crippen molar-refractivity contribution in [1.29, 1.82) is 0 Å². The van der Waals surface area contributed by atoms with Gasteiger partial charge in [-0.3, -0.25) is 4.79 Å². The highest BCUT2D eigenvalue weighted by molar-refractivity contribution is 7.12. The van der Waals surface area contributed by atoms with Crippen molar-refractivity contribution in [3.8, 4) is 0 Å². The van der Waals surface area contributed by atoms with Gasteiger partial charge in [0.25, 0.3) is 5.56 Å². The zero-order valence-electron chi connectivity index (χ0n) is 20.9. The fourth-order valence-corrected chi connectivity index (χ4v) is 7.90. The molecular formula is C28H35N2O4S2+. The van der Waals surface area contributed by atoms with Crippen molar-refractivity contribution in [3.63, 3.8) is 0 Å². The van der Waals surface area contributed by atoms with Crippen LogP contribution in [0.3, 0.4) is 0 Å². The smallest absolute Gasteiger partial charge is 0.349 e. The van der Waals surface area contributed by atoms with E-state index in [-0.39, 0.29) is 11.7 Å². The summed E-state index contributed by atoms with van der Waals surface area (Å²) in [6, 6.07) is 11.6. The van der Waals surface area contributed by atoms with Crippen molar-refractivity contribution >= 4 is 28.6 Å². The maximum Gasteiger partial charge on any atom is 0.349 e. The first-order valence-corrected chi connectivity index (χ1v) is 14.6. The standard InChI is InChI=1S/C28H34N2O4S2/c1-29(13-4-3-7-19-12-14-30(2)25(31)17-19)22-18-20-10-11-21(22)26(20)34-27(32)28(33,23-8-5-15-35-23)24-9-6-16-36-24/h5-6,8-9,12,14-17,20-22,26,33H,3-4,7,10-11,13,18H2,1-2H3/p+1. The van der Waals surface area contributed by atoms with Crippen molar-refractivity contribution in [3.05, 3.63) is 79.0 Å². The lowest BCUT2D eigenvalue weighted by atomic mass is 9.94. The van der Waals surface area contributed by atoms with E-state index >= 15 is 0 Å². The van der Waals surface area contributed by atoms with Gasteiger partial charge < -0.3 is 19.3 Å². The number of fused-ring (bicyclic) bond motifs is 2. The predicted octanol–water partition coefficient (Wildman–Crippen LogP) is 2.99. The molecule has 2 aliphatic carbocycles. The second-order valence-electron chi connectivity index (χ2n) is 10.4. The molecular weight excluding hydrogens is 492 g/mol. The quantitative estimate of drug-likeness (QED) is 0.314. The van der Waals surface area contributed by atoms with E-state index in [9.17, 15) is 14.7 Å². The number of hydrogen-bond acceptors (Lipinski definition) is 6. The van der Waals surface area contributed by atoms with Gasteiger partial charge in [-0.15, -0.1) is 22.7 Å². The largest absolute Gasteiger partial charge is 0.459 e. The van der Waals surface area contributed by atoms with Gasteiger partial charge in [-0.1, -0.05) is 12.1 Å². The lowest BCUT2D eigenvalue weighted by molar-refractivity contribution is -0.910. The Morgan fingerprint density at radius 3 is 2.53 bits per heavy atom. The van der Waals surface area contributed by atoms with E-state index in [0.717, 1.165) is 50.6 Å². The van der Waals surface area contributed by atoms with Gasteiger partial charge in [0, 0.05) is 37.6 Å². The zero-order valence-corrected chi connectivity index (χ0v) is 22.5. The molecule has 0 spiro atoms. The molecule has 2 N–H and O–H groups in total. The third kappa shape index (κ3) is 4.84. The number of ether oxygens (including phenoxy) is 1. The van der Waals surface area contributed by atoms with E-state index in [1.165, 1.54) is 27.6 Å². The van der Waals surface area contributed by atoms with Gasteiger partial charge in [0.15, 0.2) is 0 Å². The summed E-state index contributed by atoms with van der Waals surface area (Å²) in [5, 5.41) is 15.4. The Kier molecular flexibility index (Phi) is 7.49. The molecule has 192 valence electrons. The molecule has 3 aromatic heterocycles. The van der Waals surface area contributed by atoms with E-state index in [4.69, 9.17) is 4.74 Å². The molecule has 2 aliphatic rings. The van der Waals surface area contributed by atoms with Crippen LogP contribution >= 0.6 is 22.7 Å². The van der Waals surface area contributed by atoms with Crippen LogP contribution in [0.1, 0.15) is 47.4 Å². The van der Waals surface area contributed by atoms with Crippen molar-refractivity contribution in [1.82, 2.24) is 4.57 Å². The number of carbonyl (C=O) groups excluding carboxylic acids is 1. The number of esters is 1. The van der Waals surface area contributed by atoms with Crippen LogP contribution < -0.4 is 10.5 Å². The summed E-state index contributed by atoms with van der Waals surface area (Å²) in [4.78, 5) is 28.1. The van der Waals surface area contributed by atoms with E-state index < -0.39 is 11.6 Å². The Bertz CT molecular complexity index is 1190. The average molecular weight is 528 g/mol. The normalized spacial score (nSPS) is 24.2. The van der Waals surface area contributed by atoms with Crippen molar-refractivity contribution in [2.24, 2.45) is 18.9 Å². The maximum absolute atomic E-state index is 13.5. The number of aryl methyl sites for hydroxylation is 2. The third-order valence-corrected chi connectivity index (χ3v) is 10.2. The van der Waals surface area contributed by atoms with Gasteiger partial charge in [0.2, 0.25) is 5.60 Å². The second-order valence-corrected chi connectivity index (χ2v) is 12.3. The minimum absolute atomic E-state index is 0.0443. The number of quaternary nitrogens is 1. The van der Waals surface area contributed by atoms with E-state index in [1.807, 2.05) is 47.3 Å². The van der Waals surface area contributed by atoms with E-state index in [1.54, 1.807) is 17.7 Å². The topological polar surface area (TPSA) is 73.0 Å². The Morgan fingerprint density at radius 2 is 1.89 bits per heavy atom. The molecule has 5 atom stereocenters. The number of thiophene rings is 2. The number of carbonyl (C=O) groups is 1. The molecule has 2 bridgehead atoms. The fraction of sp³-hybridized carbons (Fsp3) is 0.500. The molecule has 36 heavy (non-hydrogen) atoms. The van der Waals surface area contributed by atoms with Gasteiger partial charge >= 0.3 is 5.97 Å². The summed E-state index contributed by atoms with van der Waals surface area (Å²) in [5.74, 6) is 0.170. The van der Waals surface area contributed by atoms with Gasteiger partial charge in [-0.05, 0) is 66.6 Å². The van der Waals surface area contributed by atoms with Gasteiger partial charge in [0.05, 0.1) is 29.4 Å². The first-order chi connectivity index (χ1) is 17.4. The van der Waals surface area contributed by atoms with Gasteiger partial charge in [-0.2, -0.15) is 0 Å². The molecule has 5 unspecified atom stereocenters. The average Bonchev–Trinajstić information content (AvgIpc) is 3.69. The molecule has 3 aromatic rings. The highest BCUT2D eigenvalue weighted by Gasteiger charge is 2.55. The molecule has 0 amide bonds. The summed E-state index contributed by atoms with van der Waals surface area (Å²) in [5.41, 5.74) is -0.591. The number of nitrogens with one attached hydrogen (secondary N) is 1. The maximum atomic E-state index is 13.5. The Hall–Kier alpha value is -2.26. The molecule has 0 aromatic carbocycles. The molecule has 0 aliphatic heterocycles. The highest BCUT2D eigenvalue weighted by atomic mass is 32.1. The summed E-state index contributed by atoms with van der Waals surface area (Å²) >= 11 is 2.76. The van der Waals surface area contributed by atoms with E-state index in [0.29, 0.717) is 27.6 Å². The lowest BCUT2D eigenvalue weighted by Gasteiger charge is -2.29. The Labute approximate surface area is 220 Å². The fourth-order valence-electron chi connectivity index (χ4n) is 6.18. The first kappa shape index (κ1) is 25.4. The number of rotatable bonds is 10. The SMILES string of the molecule is Cn1ccc(CCCC[NH+](C)C2CC3CCC2C3OC(=O)C(O)(c2cccs2)c2cccs2)cc1=O. The molecule has 8 heteroatoms. The summed E-state index contributed by atoms with van der Waals surface area (Å²) in [6.45, 7) is 1.06. The van der Waals surface area contributed by atoms with Crippen molar-refractivity contribution < 1.29 is 19.5 Å². The lowest BCUT2D eigenvalue weighted by Crippen LogP contribution is -3.13. The molecule has 0 radical (unpaired) electrons. The monoisotopic (exact) mass is 527 g/mol. The van der Waals surface area contributed by atoms with Crippen LogP contribution in [0.25, 0.3) is 0 Å². The molecule has 2 saturated carbocycles. The minimum atomic E-state index is -1.74. The number of pyridine rings is 1. The van der Waals surface area contributed by atoms with Crippen LogP contribution in [-0.4, -0.2) is 41.4 Å². The molecule has 5 rings (SSSR count). The first-order valence-electron chi connectivity index (χ1n) is 12.9. The number of aromatic nitrogens is 1. The summed E-state index contributed by atoms with van der Waals surface area (Å²) in [7, 11) is 4.03. The molecule has 2 fully saturated rings. The number of hydrogen-bond donors (Lipinski definition) is 2. The molecule has 6 nitrogen and oxygen atoms in total. The highest BCUT2D eigenvalue weighted by Crippen LogP contribution is 2.47. The van der Waals surface area contributed by atoms with Crippen LogP contribution in [0.5, 0.6) is 0 Å². The van der Waals surface area contributed by atoms with Gasteiger partial charge in [-0.25, -0.2) is 4.79 Å². The molecule has 3 heterocycles. The number of nitrogens with zero attached hydrogens (tertiary/aromatic N) is 1. The molecule has 0 saturated heterocycles. The van der Waals surface area contributed by atoms with Crippen LogP contribution in [0.2, 0.25) is 0 Å².